The molecule has 88 valence electrons. The third-order valence-corrected chi connectivity index (χ3v) is 3.28. The summed E-state index contributed by atoms with van der Waals surface area (Å²) < 4.78 is 5.32. The maximum Gasteiger partial charge on any atom is 0.183 e. The molecule has 1 aliphatic carbocycles. The van der Waals surface area contributed by atoms with Crippen molar-refractivity contribution in [1.29, 1.82) is 5.26 Å². The Hall–Kier alpha value is -1.82. The smallest absolute Gasteiger partial charge is 0.183 e. The average molecular weight is 229 g/mol. The van der Waals surface area contributed by atoms with E-state index in [0.717, 1.165) is 12.2 Å². The van der Waals surface area contributed by atoms with Gasteiger partial charge in [-0.15, -0.1) is 0 Å². The number of nitrogens with zero attached hydrogens (tertiary/aromatic N) is 1. The van der Waals surface area contributed by atoms with Crippen molar-refractivity contribution in [3.05, 3.63) is 29.8 Å². The number of carbonyl (C=O) groups excluding carboxylic acids is 1. The number of rotatable bonds is 4. The maximum absolute atomic E-state index is 12.2. The molecule has 0 N–H and O–H groups in total. The number of hydrogen-bond acceptors (Lipinski definition) is 3. The van der Waals surface area contributed by atoms with Crippen LogP contribution in [0.5, 0.6) is 5.75 Å². The summed E-state index contributed by atoms with van der Waals surface area (Å²) in [6, 6.07) is 9.21. The predicted octanol–water partition coefficient (Wildman–Crippen LogP) is 2.96. The van der Waals surface area contributed by atoms with Crippen LogP contribution in [0.2, 0.25) is 0 Å². The molecule has 0 bridgehead atoms. The first-order valence-electron chi connectivity index (χ1n) is 5.91. The van der Waals surface area contributed by atoms with Crippen molar-refractivity contribution in [2.75, 3.05) is 6.61 Å². The van der Waals surface area contributed by atoms with Crippen LogP contribution in [0.1, 0.15) is 36.5 Å². The molecule has 1 saturated carbocycles. The normalized spacial score (nSPS) is 16.7. The van der Waals surface area contributed by atoms with E-state index < -0.39 is 5.41 Å². The quantitative estimate of drug-likeness (QED) is 0.746. The molecule has 1 fully saturated rings. The Balaban J connectivity index is 2.18. The van der Waals surface area contributed by atoms with Gasteiger partial charge in [-0.1, -0.05) is 0 Å². The van der Waals surface area contributed by atoms with Crippen LogP contribution < -0.4 is 4.74 Å². The van der Waals surface area contributed by atoms with Crippen LogP contribution >= 0.6 is 0 Å². The van der Waals surface area contributed by atoms with E-state index in [0.29, 0.717) is 25.0 Å². The van der Waals surface area contributed by atoms with E-state index in [1.54, 1.807) is 24.3 Å². The summed E-state index contributed by atoms with van der Waals surface area (Å²) in [4.78, 5) is 12.2. The molecule has 1 aromatic rings. The number of ether oxygens (including phenoxy) is 1. The van der Waals surface area contributed by atoms with Gasteiger partial charge >= 0.3 is 0 Å². The summed E-state index contributed by atoms with van der Waals surface area (Å²) >= 11 is 0. The molecule has 0 aromatic heterocycles. The van der Waals surface area contributed by atoms with Gasteiger partial charge in [-0.05, 0) is 50.5 Å². The topological polar surface area (TPSA) is 50.1 Å². The highest BCUT2D eigenvalue weighted by Gasteiger charge is 2.44. The molecule has 0 heterocycles. The van der Waals surface area contributed by atoms with Crippen LogP contribution in [0, 0.1) is 16.7 Å². The van der Waals surface area contributed by atoms with Gasteiger partial charge in [0, 0.05) is 5.56 Å². The van der Waals surface area contributed by atoms with Crippen LogP contribution in [0.15, 0.2) is 24.3 Å². The average Bonchev–Trinajstić information content (AvgIpc) is 2.29. The van der Waals surface area contributed by atoms with E-state index >= 15 is 0 Å². The molecular weight excluding hydrogens is 214 g/mol. The Morgan fingerprint density at radius 2 is 2.06 bits per heavy atom. The molecule has 0 radical (unpaired) electrons. The lowest BCUT2D eigenvalue weighted by molar-refractivity contribution is 0.0748. The first-order chi connectivity index (χ1) is 8.22. The summed E-state index contributed by atoms with van der Waals surface area (Å²) in [7, 11) is 0. The molecule has 2 rings (SSSR count). The Bertz CT molecular complexity index is 452. The highest BCUT2D eigenvalue weighted by Crippen LogP contribution is 2.43. The highest BCUT2D eigenvalue weighted by molar-refractivity contribution is 6.02. The van der Waals surface area contributed by atoms with Crippen molar-refractivity contribution in [2.45, 2.75) is 26.2 Å². The lowest BCUT2D eigenvalue weighted by Gasteiger charge is -2.33. The van der Waals surface area contributed by atoms with E-state index in [4.69, 9.17) is 10.00 Å². The predicted molar refractivity (Wildman–Crippen MR) is 63.8 cm³/mol. The Labute approximate surface area is 101 Å². The van der Waals surface area contributed by atoms with Crippen molar-refractivity contribution in [1.82, 2.24) is 0 Å². The largest absolute Gasteiger partial charge is 0.494 e. The molecule has 1 aromatic carbocycles. The van der Waals surface area contributed by atoms with E-state index in [1.807, 2.05) is 6.92 Å². The highest BCUT2D eigenvalue weighted by atomic mass is 16.5. The van der Waals surface area contributed by atoms with Gasteiger partial charge in [0.15, 0.2) is 5.78 Å². The van der Waals surface area contributed by atoms with Gasteiger partial charge in [0.25, 0.3) is 0 Å². The lowest BCUT2D eigenvalue weighted by Crippen LogP contribution is -2.36. The van der Waals surface area contributed by atoms with Crippen LogP contribution in [0.25, 0.3) is 0 Å². The van der Waals surface area contributed by atoms with Gasteiger partial charge in [0.05, 0.1) is 12.7 Å². The van der Waals surface area contributed by atoms with E-state index in [2.05, 4.69) is 6.07 Å². The summed E-state index contributed by atoms with van der Waals surface area (Å²) in [5, 5.41) is 9.11. The second-order valence-corrected chi connectivity index (χ2v) is 4.33. The molecule has 0 amide bonds. The van der Waals surface area contributed by atoms with Gasteiger partial charge < -0.3 is 4.74 Å². The molecule has 3 nitrogen and oxygen atoms in total. The fraction of sp³-hybridized carbons (Fsp3) is 0.429. The Kier molecular flexibility index (Phi) is 3.14. The Morgan fingerprint density at radius 1 is 1.41 bits per heavy atom. The minimum atomic E-state index is -0.757. The zero-order chi connectivity index (χ0) is 12.3. The van der Waals surface area contributed by atoms with Gasteiger partial charge in [-0.2, -0.15) is 5.26 Å². The molecule has 3 heteroatoms. The number of hydrogen-bond donors (Lipinski definition) is 0. The second kappa shape index (κ2) is 4.58. The second-order valence-electron chi connectivity index (χ2n) is 4.33. The number of nitriles is 1. The number of ketones is 1. The fourth-order valence-electron chi connectivity index (χ4n) is 2.07. The minimum Gasteiger partial charge on any atom is -0.494 e. The van der Waals surface area contributed by atoms with Crippen LogP contribution in [0.3, 0.4) is 0 Å². The van der Waals surface area contributed by atoms with Crippen molar-refractivity contribution < 1.29 is 9.53 Å². The van der Waals surface area contributed by atoms with Crippen LogP contribution in [-0.4, -0.2) is 12.4 Å². The minimum absolute atomic E-state index is 0.0469. The standard InChI is InChI=1S/C14H15NO2/c1-2-17-12-6-4-11(5-7-12)13(16)14(10-15)8-3-9-14/h4-7H,2-3,8-9H2,1H3. The number of benzene rings is 1. The van der Waals surface area contributed by atoms with Crippen molar-refractivity contribution >= 4 is 5.78 Å². The maximum atomic E-state index is 12.2. The molecule has 0 saturated heterocycles. The third-order valence-electron chi connectivity index (χ3n) is 3.28. The summed E-state index contributed by atoms with van der Waals surface area (Å²) in [6.07, 6.45) is 2.35. The summed E-state index contributed by atoms with van der Waals surface area (Å²) in [5.74, 6) is 0.706. The fourth-order valence-corrected chi connectivity index (χ4v) is 2.07. The molecule has 1 aliphatic rings. The van der Waals surface area contributed by atoms with Gasteiger partial charge in [0.2, 0.25) is 0 Å². The lowest BCUT2D eigenvalue weighted by atomic mass is 9.66. The van der Waals surface area contributed by atoms with Gasteiger partial charge in [-0.25, -0.2) is 0 Å². The Morgan fingerprint density at radius 3 is 2.47 bits per heavy atom. The molecular formula is C14H15NO2. The van der Waals surface area contributed by atoms with Gasteiger partial charge in [-0.3, -0.25) is 4.79 Å². The molecule has 17 heavy (non-hydrogen) atoms. The monoisotopic (exact) mass is 229 g/mol. The van der Waals surface area contributed by atoms with Crippen LogP contribution in [-0.2, 0) is 0 Å². The molecule has 0 atom stereocenters. The summed E-state index contributed by atoms with van der Waals surface area (Å²) in [5.41, 5.74) is -0.151. The molecule has 0 unspecified atom stereocenters. The van der Waals surface area contributed by atoms with Crippen molar-refractivity contribution in [3.8, 4) is 11.8 Å². The first-order valence-corrected chi connectivity index (χ1v) is 5.91. The zero-order valence-corrected chi connectivity index (χ0v) is 9.90. The SMILES string of the molecule is CCOc1ccc(C(=O)C2(C#N)CCC2)cc1. The van der Waals surface area contributed by atoms with Crippen LogP contribution in [0.4, 0.5) is 0 Å². The van der Waals surface area contributed by atoms with Crippen molar-refractivity contribution in [2.24, 2.45) is 5.41 Å². The van der Waals surface area contributed by atoms with Gasteiger partial charge in [0.1, 0.15) is 11.2 Å². The first kappa shape index (κ1) is 11.7. The molecule has 0 aliphatic heterocycles. The van der Waals surface area contributed by atoms with E-state index in [1.165, 1.54) is 0 Å². The van der Waals surface area contributed by atoms with E-state index in [9.17, 15) is 4.79 Å². The zero-order valence-electron chi connectivity index (χ0n) is 9.90. The third kappa shape index (κ3) is 2.03. The summed E-state index contributed by atoms with van der Waals surface area (Å²) in [6.45, 7) is 2.52. The van der Waals surface area contributed by atoms with E-state index in [-0.39, 0.29) is 5.78 Å². The number of carbonyl (C=O) groups is 1. The molecule has 0 spiro atoms. The number of Topliss-reactive ketones (excluding diaryl/α,β-unsaturated/α-hetero) is 1. The van der Waals surface area contributed by atoms with Crippen molar-refractivity contribution in [3.63, 3.8) is 0 Å².